The van der Waals surface area contributed by atoms with Crippen molar-refractivity contribution >= 4 is 5.69 Å². The van der Waals surface area contributed by atoms with Crippen LogP contribution in [0.3, 0.4) is 0 Å². The van der Waals surface area contributed by atoms with Gasteiger partial charge in [0.25, 0.3) is 5.69 Å². The molecule has 0 aliphatic heterocycles. The van der Waals surface area contributed by atoms with E-state index >= 15 is 0 Å². The Labute approximate surface area is 115 Å². The zero-order valence-corrected chi connectivity index (χ0v) is 11.3. The molecule has 0 aliphatic carbocycles. The number of benzene rings is 1. The van der Waals surface area contributed by atoms with Gasteiger partial charge in [0.2, 0.25) is 11.7 Å². The van der Waals surface area contributed by atoms with Gasteiger partial charge in [0.15, 0.2) is 0 Å². The lowest BCUT2D eigenvalue weighted by molar-refractivity contribution is -0.384. The summed E-state index contributed by atoms with van der Waals surface area (Å²) in [5.74, 6) is 1.20. The van der Waals surface area contributed by atoms with Crippen molar-refractivity contribution in [2.24, 2.45) is 11.7 Å². The van der Waals surface area contributed by atoms with E-state index in [1.165, 1.54) is 12.1 Å². The third kappa shape index (κ3) is 3.18. The Morgan fingerprint density at radius 2 is 2.00 bits per heavy atom. The van der Waals surface area contributed by atoms with Gasteiger partial charge in [0.05, 0.1) is 4.92 Å². The first-order valence-corrected chi connectivity index (χ1v) is 6.30. The summed E-state index contributed by atoms with van der Waals surface area (Å²) in [5, 5.41) is 14.4. The van der Waals surface area contributed by atoms with Crippen molar-refractivity contribution in [1.29, 1.82) is 0 Å². The van der Waals surface area contributed by atoms with E-state index < -0.39 is 4.92 Å². The Morgan fingerprint density at radius 1 is 1.35 bits per heavy atom. The third-order valence-corrected chi connectivity index (χ3v) is 3.07. The first kappa shape index (κ1) is 14.1. The van der Waals surface area contributed by atoms with Crippen LogP contribution in [0.25, 0.3) is 11.4 Å². The summed E-state index contributed by atoms with van der Waals surface area (Å²) >= 11 is 0. The Balaban J connectivity index is 2.14. The molecule has 1 unspecified atom stereocenters. The number of nitrogens with zero attached hydrogens (tertiary/aromatic N) is 3. The fraction of sp³-hybridized carbons (Fsp3) is 0.385. The topological polar surface area (TPSA) is 108 Å². The molecule has 1 heterocycles. The lowest BCUT2D eigenvalue weighted by atomic mass is 10.0. The molecule has 1 aromatic heterocycles. The largest absolute Gasteiger partial charge is 0.339 e. The second-order valence-corrected chi connectivity index (χ2v) is 4.93. The number of hydrogen-bond donors (Lipinski definition) is 1. The molecule has 0 saturated heterocycles. The molecule has 0 radical (unpaired) electrons. The molecule has 7 nitrogen and oxygen atoms in total. The van der Waals surface area contributed by atoms with Crippen molar-refractivity contribution in [2.45, 2.75) is 26.3 Å². The number of hydrogen-bond acceptors (Lipinski definition) is 6. The molecule has 2 aromatic rings. The van der Waals surface area contributed by atoms with Gasteiger partial charge in [-0.05, 0) is 18.1 Å². The molecule has 2 rings (SSSR count). The van der Waals surface area contributed by atoms with Gasteiger partial charge < -0.3 is 10.3 Å². The molecule has 0 spiro atoms. The van der Waals surface area contributed by atoms with E-state index in [1.807, 2.05) is 13.8 Å². The molecule has 7 heteroatoms. The molecule has 0 aliphatic rings. The average Bonchev–Trinajstić information content (AvgIpc) is 2.87. The molecule has 0 saturated carbocycles. The summed E-state index contributed by atoms with van der Waals surface area (Å²) < 4.78 is 5.14. The summed E-state index contributed by atoms with van der Waals surface area (Å²) in [6.45, 7) is 4.05. The minimum Gasteiger partial charge on any atom is -0.339 e. The molecule has 106 valence electrons. The molecule has 1 atom stereocenters. The first-order chi connectivity index (χ1) is 9.47. The quantitative estimate of drug-likeness (QED) is 0.662. The van der Waals surface area contributed by atoms with E-state index in [2.05, 4.69) is 10.1 Å². The van der Waals surface area contributed by atoms with Crippen LogP contribution in [0.15, 0.2) is 28.8 Å². The van der Waals surface area contributed by atoms with E-state index in [0.29, 0.717) is 29.6 Å². The highest BCUT2D eigenvalue weighted by molar-refractivity contribution is 5.56. The monoisotopic (exact) mass is 276 g/mol. The van der Waals surface area contributed by atoms with Gasteiger partial charge >= 0.3 is 0 Å². The fourth-order valence-corrected chi connectivity index (χ4v) is 1.62. The van der Waals surface area contributed by atoms with Crippen molar-refractivity contribution in [3.63, 3.8) is 0 Å². The standard InChI is InChI=1S/C13H16N4O3/c1-8(2)11(14)7-12-15-13(16-20-12)9-3-5-10(6-4-9)17(18)19/h3-6,8,11H,7,14H2,1-2H3. The Kier molecular flexibility index (Phi) is 4.09. The summed E-state index contributed by atoms with van der Waals surface area (Å²) in [7, 11) is 0. The number of nitro groups is 1. The first-order valence-electron chi connectivity index (χ1n) is 6.30. The molecule has 0 fully saturated rings. The Morgan fingerprint density at radius 3 is 2.55 bits per heavy atom. The second-order valence-electron chi connectivity index (χ2n) is 4.93. The van der Waals surface area contributed by atoms with Crippen molar-refractivity contribution in [3.05, 3.63) is 40.3 Å². The smallest absolute Gasteiger partial charge is 0.269 e. The predicted molar refractivity (Wildman–Crippen MR) is 72.9 cm³/mol. The van der Waals surface area contributed by atoms with Crippen LogP contribution in [0.1, 0.15) is 19.7 Å². The number of aromatic nitrogens is 2. The molecule has 0 bridgehead atoms. The summed E-state index contributed by atoms with van der Waals surface area (Å²) in [6.07, 6.45) is 0.512. The van der Waals surface area contributed by atoms with Crippen LogP contribution < -0.4 is 5.73 Å². The van der Waals surface area contributed by atoms with Crippen molar-refractivity contribution in [1.82, 2.24) is 10.1 Å². The maximum atomic E-state index is 10.6. The summed E-state index contributed by atoms with van der Waals surface area (Å²) in [4.78, 5) is 14.4. The van der Waals surface area contributed by atoms with Crippen LogP contribution >= 0.6 is 0 Å². The van der Waals surface area contributed by atoms with Crippen LogP contribution in [-0.2, 0) is 6.42 Å². The van der Waals surface area contributed by atoms with Gasteiger partial charge in [0.1, 0.15) is 0 Å². The van der Waals surface area contributed by atoms with E-state index in [9.17, 15) is 10.1 Å². The van der Waals surface area contributed by atoms with Crippen LogP contribution in [0, 0.1) is 16.0 Å². The number of nitrogens with two attached hydrogens (primary N) is 1. The van der Waals surface area contributed by atoms with Crippen molar-refractivity contribution < 1.29 is 9.45 Å². The van der Waals surface area contributed by atoms with Crippen LogP contribution in [0.2, 0.25) is 0 Å². The van der Waals surface area contributed by atoms with E-state index in [4.69, 9.17) is 10.3 Å². The molecular formula is C13H16N4O3. The van der Waals surface area contributed by atoms with E-state index in [-0.39, 0.29) is 11.7 Å². The minimum absolute atomic E-state index is 0.0271. The lowest BCUT2D eigenvalue weighted by Gasteiger charge is -2.11. The highest BCUT2D eigenvalue weighted by atomic mass is 16.6. The predicted octanol–water partition coefficient (Wildman–Crippen LogP) is 2.17. The van der Waals surface area contributed by atoms with Crippen LogP contribution in [0.4, 0.5) is 5.69 Å². The highest BCUT2D eigenvalue weighted by Crippen LogP contribution is 2.20. The molecule has 0 amide bonds. The SMILES string of the molecule is CC(C)C(N)Cc1nc(-c2ccc([N+](=O)[O-])cc2)no1. The van der Waals surface area contributed by atoms with Gasteiger partial charge in [-0.1, -0.05) is 19.0 Å². The Bertz CT molecular complexity index is 592. The summed E-state index contributed by atoms with van der Waals surface area (Å²) in [5.41, 5.74) is 6.64. The van der Waals surface area contributed by atoms with Crippen LogP contribution in [0.5, 0.6) is 0 Å². The number of nitro benzene ring substituents is 1. The average molecular weight is 276 g/mol. The van der Waals surface area contributed by atoms with Gasteiger partial charge in [-0.25, -0.2) is 0 Å². The molecule has 20 heavy (non-hydrogen) atoms. The molecular weight excluding hydrogens is 260 g/mol. The van der Waals surface area contributed by atoms with Crippen molar-refractivity contribution in [3.8, 4) is 11.4 Å². The van der Waals surface area contributed by atoms with Gasteiger partial charge in [0, 0.05) is 30.2 Å². The second kappa shape index (κ2) is 5.79. The lowest BCUT2D eigenvalue weighted by Crippen LogP contribution is -2.28. The third-order valence-electron chi connectivity index (χ3n) is 3.07. The van der Waals surface area contributed by atoms with Gasteiger partial charge in [-0.15, -0.1) is 0 Å². The Hall–Kier alpha value is -2.28. The number of rotatable bonds is 5. The normalized spacial score (nSPS) is 12.6. The van der Waals surface area contributed by atoms with Gasteiger partial charge in [-0.2, -0.15) is 4.98 Å². The van der Waals surface area contributed by atoms with E-state index in [0.717, 1.165) is 0 Å². The minimum atomic E-state index is -0.451. The maximum absolute atomic E-state index is 10.6. The summed E-state index contributed by atoms with van der Waals surface area (Å²) in [6, 6.07) is 5.96. The highest BCUT2D eigenvalue weighted by Gasteiger charge is 2.15. The molecule has 1 aromatic carbocycles. The van der Waals surface area contributed by atoms with Crippen molar-refractivity contribution in [2.75, 3.05) is 0 Å². The van der Waals surface area contributed by atoms with Gasteiger partial charge in [-0.3, -0.25) is 10.1 Å². The van der Waals surface area contributed by atoms with E-state index in [1.54, 1.807) is 12.1 Å². The maximum Gasteiger partial charge on any atom is 0.269 e. The zero-order valence-electron chi connectivity index (χ0n) is 11.3. The van der Waals surface area contributed by atoms with Crippen LogP contribution in [-0.4, -0.2) is 21.1 Å². The molecule has 2 N–H and O–H groups in total. The zero-order chi connectivity index (χ0) is 14.7. The fourth-order valence-electron chi connectivity index (χ4n) is 1.62. The number of non-ortho nitro benzene ring substituents is 1.